The highest BCUT2D eigenvalue weighted by Gasteiger charge is 2.24. The molecule has 21 heavy (non-hydrogen) atoms. The monoisotopic (exact) mass is 275 g/mol. The zero-order valence-corrected chi connectivity index (χ0v) is 13.0. The summed E-state index contributed by atoms with van der Waals surface area (Å²) in [5, 5.41) is 0. The van der Waals surface area contributed by atoms with E-state index in [9.17, 15) is 0 Å². The van der Waals surface area contributed by atoms with Crippen LogP contribution in [0.2, 0.25) is 0 Å². The molecule has 1 aliphatic rings. The molecule has 0 radical (unpaired) electrons. The van der Waals surface area contributed by atoms with Gasteiger partial charge in [-0.15, -0.1) is 0 Å². The normalized spacial score (nSPS) is 16.3. The second-order valence-corrected chi connectivity index (χ2v) is 5.91. The number of para-hydroxylation sites is 1. The number of hydrogen-bond donors (Lipinski definition) is 0. The first kappa shape index (κ1) is 13.8. The molecule has 1 heterocycles. The highest BCUT2D eigenvalue weighted by molar-refractivity contribution is 5.60. The van der Waals surface area contributed by atoms with E-state index < -0.39 is 0 Å². The maximum Gasteiger partial charge on any atom is 0.0801 e. The van der Waals surface area contributed by atoms with Gasteiger partial charge in [0.05, 0.1) is 6.54 Å². The van der Waals surface area contributed by atoms with Crippen LogP contribution in [0.3, 0.4) is 0 Å². The molecule has 0 bridgehead atoms. The van der Waals surface area contributed by atoms with Gasteiger partial charge in [0.1, 0.15) is 0 Å². The third-order valence-electron chi connectivity index (χ3n) is 4.34. The topological polar surface area (TPSA) is 3.24 Å². The van der Waals surface area contributed by atoms with E-state index in [2.05, 4.69) is 80.0 Å². The summed E-state index contributed by atoms with van der Waals surface area (Å²) in [5.74, 6) is 6.64. The molecule has 0 amide bonds. The molecule has 1 aliphatic heterocycles. The summed E-state index contributed by atoms with van der Waals surface area (Å²) in [4.78, 5) is 2.41. The molecule has 0 saturated heterocycles. The number of anilines is 1. The quantitative estimate of drug-likeness (QED) is 0.708. The van der Waals surface area contributed by atoms with Crippen molar-refractivity contribution in [1.29, 1.82) is 0 Å². The summed E-state index contributed by atoms with van der Waals surface area (Å²) in [6.07, 6.45) is 1.13. The molecule has 0 N–H and O–H groups in total. The van der Waals surface area contributed by atoms with Crippen LogP contribution in [0.25, 0.3) is 0 Å². The Morgan fingerprint density at radius 2 is 1.90 bits per heavy atom. The number of benzene rings is 2. The van der Waals surface area contributed by atoms with Gasteiger partial charge >= 0.3 is 0 Å². The van der Waals surface area contributed by atoms with Crippen molar-refractivity contribution in [2.45, 2.75) is 33.2 Å². The van der Waals surface area contributed by atoms with Crippen LogP contribution < -0.4 is 4.90 Å². The fourth-order valence-electron chi connectivity index (χ4n) is 2.92. The summed E-state index contributed by atoms with van der Waals surface area (Å²) in [5.41, 5.74) is 6.53. The smallest absolute Gasteiger partial charge is 0.0801 e. The number of fused-ring (bicyclic) bond motifs is 1. The van der Waals surface area contributed by atoms with Crippen LogP contribution >= 0.6 is 0 Å². The molecule has 2 aromatic carbocycles. The molecule has 0 fully saturated rings. The minimum Gasteiger partial charge on any atom is -0.357 e. The van der Waals surface area contributed by atoms with E-state index in [0.717, 1.165) is 18.5 Å². The van der Waals surface area contributed by atoms with E-state index >= 15 is 0 Å². The number of hydrogen-bond acceptors (Lipinski definition) is 1. The molecule has 1 nitrogen and oxygen atoms in total. The molecule has 1 heteroatoms. The molecule has 1 atom stereocenters. The molecule has 0 spiro atoms. The minimum atomic E-state index is 0.538. The first-order chi connectivity index (χ1) is 10.1. The Bertz CT molecular complexity index is 718. The third-order valence-corrected chi connectivity index (χ3v) is 4.34. The lowest BCUT2D eigenvalue weighted by molar-refractivity contribution is 0.711. The lowest BCUT2D eigenvalue weighted by atomic mass is 10.1. The van der Waals surface area contributed by atoms with Crippen LogP contribution in [-0.2, 0) is 6.42 Å². The Hall–Kier alpha value is -2.20. The molecule has 3 rings (SSSR count). The van der Waals surface area contributed by atoms with Crippen molar-refractivity contribution < 1.29 is 0 Å². The van der Waals surface area contributed by atoms with Crippen LogP contribution in [0.15, 0.2) is 42.5 Å². The Morgan fingerprint density at radius 1 is 1.10 bits per heavy atom. The van der Waals surface area contributed by atoms with Gasteiger partial charge in [0.15, 0.2) is 0 Å². The second kappa shape index (κ2) is 5.66. The Labute approximate surface area is 127 Å². The molecule has 2 aromatic rings. The summed E-state index contributed by atoms with van der Waals surface area (Å²) >= 11 is 0. The predicted molar refractivity (Wildman–Crippen MR) is 89.7 cm³/mol. The van der Waals surface area contributed by atoms with Gasteiger partial charge in [0, 0.05) is 17.3 Å². The molecule has 0 aromatic heterocycles. The average Bonchev–Trinajstić information content (AvgIpc) is 2.79. The highest BCUT2D eigenvalue weighted by atomic mass is 15.2. The number of aryl methyl sites for hydroxylation is 2. The molecular weight excluding hydrogens is 254 g/mol. The van der Waals surface area contributed by atoms with Crippen molar-refractivity contribution in [2.24, 2.45) is 0 Å². The first-order valence-corrected chi connectivity index (χ1v) is 7.56. The van der Waals surface area contributed by atoms with E-state index in [4.69, 9.17) is 0 Å². The van der Waals surface area contributed by atoms with Crippen molar-refractivity contribution in [1.82, 2.24) is 0 Å². The summed E-state index contributed by atoms with van der Waals surface area (Å²) in [6, 6.07) is 15.6. The van der Waals surface area contributed by atoms with Crippen molar-refractivity contribution in [3.05, 3.63) is 64.7 Å². The SMILES string of the molecule is Cc1ccc(C#CCN2c3ccccc3CC2C)cc1C. The fraction of sp³-hybridized carbons (Fsp3) is 0.300. The van der Waals surface area contributed by atoms with Crippen LogP contribution in [0.1, 0.15) is 29.2 Å². The van der Waals surface area contributed by atoms with Crippen molar-refractivity contribution in [3.8, 4) is 11.8 Å². The summed E-state index contributed by atoms with van der Waals surface area (Å²) in [6.45, 7) is 7.34. The van der Waals surface area contributed by atoms with E-state index in [-0.39, 0.29) is 0 Å². The maximum atomic E-state index is 3.34. The van der Waals surface area contributed by atoms with Crippen LogP contribution in [0.4, 0.5) is 5.69 Å². The van der Waals surface area contributed by atoms with E-state index in [1.54, 1.807) is 0 Å². The number of nitrogens with zero attached hydrogens (tertiary/aromatic N) is 1. The van der Waals surface area contributed by atoms with Gasteiger partial charge in [-0.1, -0.05) is 36.1 Å². The van der Waals surface area contributed by atoms with Crippen molar-refractivity contribution in [3.63, 3.8) is 0 Å². The Balaban J connectivity index is 1.76. The second-order valence-electron chi connectivity index (χ2n) is 5.91. The van der Waals surface area contributed by atoms with Crippen LogP contribution in [-0.4, -0.2) is 12.6 Å². The maximum absolute atomic E-state index is 3.34. The van der Waals surface area contributed by atoms with Gasteiger partial charge in [-0.05, 0) is 62.1 Å². The zero-order valence-electron chi connectivity index (χ0n) is 13.0. The Kier molecular flexibility index (Phi) is 3.71. The van der Waals surface area contributed by atoms with Gasteiger partial charge < -0.3 is 4.90 Å². The molecule has 0 aliphatic carbocycles. The zero-order chi connectivity index (χ0) is 14.8. The minimum absolute atomic E-state index is 0.538. The summed E-state index contributed by atoms with van der Waals surface area (Å²) in [7, 11) is 0. The average molecular weight is 275 g/mol. The third kappa shape index (κ3) is 2.81. The lowest BCUT2D eigenvalue weighted by Gasteiger charge is -2.21. The fourth-order valence-corrected chi connectivity index (χ4v) is 2.92. The van der Waals surface area contributed by atoms with E-state index in [0.29, 0.717) is 6.04 Å². The van der Waals surface area contributed by atoms with Gasteiger partial charge in [-0.2, -0.15) is 0 Å². The van der Waals surface area contributed by atoms with Crippen molar-refractivity contribution in [2.75, 3.05) is 11.4 Å². The summed E-state index contributed by atoms with van der Waals surface area (Å²) < 4.78 is 0. The largest absolute Gasteiger partial charge is 0.357 e. The van der Waals surface area contributed by atoms with Gasteiger partial charge in [0.25, 0.3) is 0 Å². The Morgan fingerprint density at radius 3 is 2.71 bits per heavy atom. The number of rotatable bonds is 1. The standard InChI is InChI=1S/C20H21N/c1-15-10-11-18(13-16(15)2)7-6-12-21-17(3)14-19-8-4-5-9-20(19)21/h4-5,8-11,13,17H,12,14H2,1-3H3. The van der Waals surface area contributed by atoms with Crippen LogP contribution in [0, 0.1) is 25.7 Å². The van der Waals surface area contributed by atoms with Crippen molar-refractivity contribution >= 4 is 5.69 Å². The van der Waals surface area contributed by atoms with E-state index in [1.807, 2.05) is 0 Å². The van der Waals surface area contributed by atoms with Gasteiger partial charge in [0.2, 0.25) is 0 Å². The molecule has 1 unspecified atom stereocenters. The van der Waals surface area contributed by atoms with E-state index in [1.165, 1.54) is 22.4 Å². The lowest BCUT2D eigenvalue weighted by Crippen LogP contribution is -2.29. The first-order valence-electron chi connectivity index (χ1n) is 7.56. The molecule has 0 saturated carbocycles. The highest BCUT2D eigenvalue weighted by Crippen LogP contribution is 2.31. The van der Waals surface area contributed by atoms with Gasteiger partial charge in [-0.25, -0.2) is 0 Å². The van der Waals surface area contributed by atoms with Crippen LogP contribution in [0.5, 0.6) is 0 Å². The van der Waals surface area contributed by atoms with Gasteiger partial charge in [-0.3, -0.25) is 0 Å². The molecule has 106 valence electrons. The molecular formula is C20H21N. The predicted octanol–water partition coefficient (Wildman–Crippen LogP) is 4.11.